The zero-order valence-electron chi connectivity index (χ0n) is 11.4. The molecule has 1 N–H and O–H groups in total. The van der Waals surface area contributed by atoms with Crippen molar-refractivity contribution in [2.45, 2.75) is 26.2 Å². The summed E-state index contributed by atoms with van der Waals surface area (Å²) in [6.07, 6.45) is 0.285. The molecule has 0 saturated heterocycles. The summed E-state index contributed by atoms with van der Waals surface area (Å²) in [6.45, 7) is 3.51. The molecule has 1 aromatic rings. The summed E-state index contributed by atoms with van der Waals surface area (Å²) in [7, 11) is 0. The van der Waals surface area contributed by atoms with Crippen LogP contribution in [0.5, 0.6) is 0 Å². The molecule has 20 heavy (non-hydrogen) atoms. The van der Waals surface area contributed by atoms with E-state index in [9.17, 15) is 14.4 Å². The average Bonchev–Trinajstić information content (AvgIpc) is 2.75. The molecule has 0 aliphatic heterocycles. The molecule has 1 aliphatic rings. The van der Waals surface area contributed by atoms with E-state index in [-0.39, 0.29) is 18.8 Å². The Bertz CT molecular complexity index is 576. The Morgan fingerprint density at radius 1 is 1.45 bits per heavy atom. The fourth-order valence-electron chi connectivity index (χ4n) is 2.37. The Morgan fingerprint density at radius 2 is 2.15 bits per heavy atom. The smallest absolute Gasteiger partial charge is 0.317 e. The van der Waals surface area contributed by atoms with E-state index in [1.54, 1.807) is 32.0 Å². The highest BCUT2D eigenvalue weighted by Gasteiger charge is 2.37. The van der Waals surface area contributed by atoms with Crippen LogP contribution in [0, 0.1) is 5.92 Å². The number of Topliss-reactive ketones (excluding diaryl/α,β-unsaturated/α-hetero) is 1. The lowest BCUT2D eigenvalue weighted by Gasteiger charge is -2.08. The van der Waals surface area contributed by atoms with Gasteiger partial charge in [0.1, 0.15) is 5.92 Å². The van der Waals surface area contributed by atoms with Gasteiger partial charge in [-0.2, -0.15) is 0 Å². The first-order valence-electron chi connectivity index (χ1n) is 6.52. The van der Waals surface area contributed by atoms with E-state index in [4.69, 9.17) is 9.84 Å². The molecule has 0 bridgehead atoms. The molecule has 0 radical (unpaired) electrons. The number of hydrogen-bond acceptors (Lipinski definition) is 4. The van der Waals surface area contributed by atoms with Gasteiger partial charge in [0.25, 0.3) is 0 Å². The number of fused-ring (bicyclic) bond motifs is 1. The molecule has 2 unspecified atom stereocenters. The lowest BCUT2D eigenvalue weighted by molar-refractivity contribution is -0.146. The van der Waals surface area contributed by atoms with Crippen LogP contribution in [-0.2, 0) is 20.7 Å². The Morgan fingerprint density at radius 3 is 2.75 bits per heavy atom. The number of rotatable bonds is 4. The van der Waals surface area contributed by atoms with Crippen LogP contribution in [0.2, 0.25) is 0 Å². The average molecular weight is 276 g/mol. The molecule has 1 aromatic carbocycles. The van der Waals surface area contributed by atoms with Crippen LogP contribution in [0.1, 0.15) is 41.3 Å². The Kier molecular flexibility index (Phi) is 3.88. The zero-order valence-corrected chi connectivity index (χ0v) is 11.4. The summed E-state index contributed by atoms with van der Waals surface area (Å²) in [5.41, 5.74) is 1.84. The van der Waals surface area contributed by atoms with E-state index in [0.717, 1.165) is 5.56 Å². The quantitative estimate of drug-likeness (QED) is 0.670. The number of benzene rings is 1. The number of aliphatic carboxylic acids is 1. The summed E-state index contributed by atoms with van der Waals surface area (Å²) in [5, 5.41) is 9.01. The number of carboxylic acid groups (broad SMARTS) is 1. The first-order chi connectivity index (χ1) is 9.45. The van der Waals surface area contributed by atoms with Crippen molar-refractivity contribution in [3.63, 3.8) is 0 Å². The summed E-state index contributed by atoms with van der Waals surface area (Å²) in [5.74, 6) is -3.11. The van der Waals surface area contributed by atoms with Crippen molar-refractivity contribution in [1.82, 2.24) is 0 Å². The molecule has 2 rings (SSSR count). The predicted molar refractivity (Wildman–Crippen MR) is 70.7 cm³/mol. The summed E-state index contributed by atoms with van der Waals surface area (Å²) < 4.78 is 4.89. The fourth-order valence-corrected chi connectivity index (χ4v) is 2.37. The van der Waals surface area contributed by atoms with Crippen molar-refractivity contribution in [2.24, 2.45) is 5.92 Å². The van der Waals surface area contributed by atoms with Crippen molar-refractivity contribution in [2.75, 3.05) is 6.61 Å². The van der Waals surface area contributed by atoms with Crippen molar-refractivity contribution in [3.05, 3.63) is 34.9 Å². The van der Waals surface area contributed by atoms with E-state index in [0.29, 0.717) is 11.1 Å². The molecule has 106 valence electrons. The van der Waals surface area contributed by atoms with Crippen molar-refractivity contribution in [3.8, 4) is 0 Å². The van der Waals surface area contributed by atoms with Crippen LogP contribution in [-0.4, -0.2) is 29.4 Å². The molecular weight excluding hydrogens is 260 g/mol. The number of ether oxygens (including phenoxy) is 1. The van der Waals surface area contributed by atoms with Crippen molar-refractivity contribution < 1.29 is 24.2 Å². The molecule has 0 amide bonds. The summed E-state index contributed by atoms with van der Waals surface area (Å²) >= 11 is 0. The molecule has 1 aliphatic carbocycles. The number of carbonyl (C=O) groups excluding carboxylic acids is 2. The monoisotopic (exact) mass is 276 g/mol. The van der Waals surface area contributed by atoms with Gasteiger partial charge in [-0.05, 0) is 31.4 Å². The third-order valence-electron chi connectivity index (χ3n) is 3.58. The van der Waals surface area contributed by atoms with Crippen LogP contribution in [0.25, 0.3) is 0 Å². The molecule has 0 heterocycles. The molecule has 5 nitrogen and oxygen atoms in total. The maximum absolute atomic E-state index is 12.1. The van der Waals surface area contributed by atoms with Crippen LogP contribution < -0.4 is 0 Å². The lowest BCUT2D eigenvalue weighted by Crippen LogP contribution is -2.23. The minimum Gasteiger partial charge on any atom is -0.481 e. The molecule has 0 saturated carbocycles. The van der Waals surface area contributed by atoms with Gasteiger partial charge < -0.3 is 9.84 Å². The topological polar surface area (TPSA) is 80.7 Å². The van der Waals surface area contributed by atoms with Crippen LogP contribution in [0.3, 0.4) is 0 Å². The SMILES string of the molecule is CCOC(=O)C1Cc2cc(C(C)C(=O)O)ccc2C1=O. The van der Waals surface area contributed by atoms with Crippen molar-refractivity contribution >= 4 is 17.7 Å². The highest BCUT2D eigenvalue weighted by Crippen LogP contribution is 2.30. The van der Waals surface area contributed by atoms with E-state index in [1.165, 1.54) is 0 Å². The van der Waals surface area contributed by atoms with Gasteiger partial charge in [-0.1, -0.05) is 18.2 Å². The van der Waals surface area contributed by atoms with Crippen LogP contribution in [0.4, 0.5) is 0 Å². The largest absolute Gasteiger partial charge is 0.481 e. The first kappa shape index (κ1) is 14.2. The van der Waals surface area contributed by atoms with Gasteiger partial charge in [0.05, 0.1) is 12.5 Å². The van der Waals surface area contributed by atoms with Gasteiger partial charge in [-0.15, -0.1) is 0 Å². The summed E-state index contributed by atoms with van der Waals surface area (Å²) in [6, 6.07) is 4.93. The van der Waals surface area contributed by atoms with Gasteiger partial charge in [-0.3, -0.25) is 14.4 Å². The molecule has 0 aromatic heterocycles. The standard InChI is InChI=1S/C15H16O5/c1-3-20-15(19)12-7-10-6-9(8(2)14(17)18)4-5-11(10)13(12)16/h4-6,8,12H,3,7H2,1-2H3,(H,17,18). The maximum atomic E-state index is 12.1. The van der Waals surface area contributed by atoms with E-state index < -0.39 is 23.8 Å². The van der Waals surface area contributed by atoms with Crippen molar-refractivity contribution in [1.29, 1.82) is 0 Å². The highest BCUT2D eigenvalue weighted by molar-refractivity contribution is 6.12. The van der Waals surface area contributed by atoms with Gasteiger partial charge in [-0.25, -0.2) is 0 Å². The molecule has 0 spiro atoms. The number of ketones is 1. The second-order valence-corrected chi connectivity index (χ2v) is 4.85. The third-order valence-corrected chi connectivity index (χ3v) is 3.58. The van der Waals surface area contributed by atoms with Crippen LogP contribution >= 0.6 is 0 Å². The third kappa shape index (κ3) is 2.43. The van der Waals surface area contributed by atoms with Crippen LogP contribution in [0.15, 0.2) is 18.2 Å². The van der Waals surface area contributed by atoms with Gasteiger partial charge in [0, 0.05) is 5.56 Å². The Balaban J connectivity index is 2.28. The fraction of sp³-hybridized carbons (Fsp3) is 0.400. The number of hydrogen-bond donors (Lipinski definition) is 1. The first-order valence-corrected chi connectivity index (χ1v) is 6.52. The molecule has 5 heteroatoms. The predicted octanol–water partition coefficient (Wildman–Crippen LogP) is 1.79. The van der Waals surface area contributed by atoms with E-state index in [2.05, 4.69) is 0 Å². The van der Waals surface area contributed by atoms with Gasteiger partial charge >= 0.3 is 11.9 Å². The normalized spacial score (nSPS) is 18.5. The molecular formula is C15H16O5. The maximum Gasteiger partial charge on any atom is 0.317 e. The second-order valence-electron chi connectivity index (χ2n) is 4.85. The number of carboxylic acids is 1. The minimum absolute atomic E-state index is 0.236. The second kappa shape index (κ2) is 5.45. The highest BCUT2D eigenvalue weighted by atomic mass is 16.5. The Labute approximate surface area is 116 Å². The van der Waals surface area contributed by atoms with E-state index >= 15 is 0 Å². The lowest BCUT2D eigenvalue weighted by atomic mass is 9.97. The summed E-state index contributed by atoms with van der Waals surface area (Å²) in [4.78, 5) is 34.8. The van der Waals surface area contributed by atoms with Gasteiger partial charge in [0.15, 0.2) is 5.78 Å². The number of carbonyl (C=O) groups is 3. The molecule has 2 atom stereocenters. The Hall–Kier alpha value is -2.17. The number of esters is 1. The minimum atomic E-state index is -0.920. The molecule has 0 fully saturated rings. The zero-order chi connectivity index (χ0) is 14.9. The van der Waals surface area contributed by atoms with E-state index in [1.807, 2.05) is 0 Å². The van der Waals surface area contributed by atoms with Gasteiger partial charge in [0.2, 0.25) is 0 Å².